The van der Waals surface area contributed by atoms with Crippen LogP contribution < -0.4 is 24.8 Å². The number of imidazole rings is 1. The molecule has 17 heavy (non-hydrogen) atoms. The summed E-state index contributed by atoms with van der Waals surface area (Å²) in [6.07, 6.45) is 5.83. The van der Waals surface area contributed by atoms with Crippen molar-refractivity contribution in [2.24, 2.45) is 0 Å². The third-order valence-corrected chi connectivity index (χ3v) is 1.89. The molecule has 0 aliphatic heterocycles. The molecule has 2 nitrogen and oxygen atoms in total. The van der Waals surface area contributed by atoms with Gasteiger partial charge in [0, 0.05) is 0 Å². The van der Waals surface area contributed by atoms with Crippen LogP contribution in [-0.4, -0.2) is 9.97 Å². The van der Waals surface area contributed by atoms with Crippen LogP contribution >= 0.6 is 0 Å². The van der Waals surface area contributed by atoms with Crippen LogP contribution in [0.5, 0.6) is 0 Å². The summed E-state index contributed by atoms with van der Waals surface area (Å²) in [6.45, 7) is 6.67. The number of rotatable bonds is 0. The Hall–Kier alpha value is -0.146. The fraction of sp³-hybridized carbons (Fsp3) is 0.333. The van der Waals surface area contributed by atoms with Crippen molar-refractivity contribution < 1.29 is 46.5 Å². The van der Waals surface area contributed by atoms with E-state index in [1.165, 1.54) is 5.56 Å². The van der Waals surface area contributed by atoms with Crippen molar-refractivity contribution >= 4 is 0 Å². The Labute approximate surface area is 131 Å². The van der Waals surface area contributed by atoms with Crippen LogP contribution in [-0.2, 0) is 27.1 Å². The molecule has 0 saturated carbocycles. The molecule has 0 unspecified atom stereocenters. The molecule has 2 rings (SSSR count). The molecular weight excluding hydrogens is 291 g/mol. The van der Waals surface area contributed by atoms with Gasteiger partial charge in [-0.15, -0.1) is 12.4 Å². The van der Waals surface area contributed by atoms with Crippen molar-refractivity contribution in [1.29, 1.82) is 0 Å². The predicted molar refractivity (Wildman–Crippen MR) is 58.2 cm³/mol. The summed E-state index contributed by atoms with van der Waals surface area (Å²) in [5, 5.41) is 0. The first-order chi connectivity index (χ1) is 6.61. The molecule has 2 aromatic rings. The first-order valence-electron chi connectivity index (χ1n) is 4.68. The van der Waals surface area contributed by atoms with Gasteiger partial charge in [0.25, 0.3) is 0 Å². The topological polar surface area (TPSA) is 28.7 Å². The fourth-order valence-electron chi connectivity index (χ4n) is 1.06. The SMILES string of the molecule is CC(C)(C)[c-]1cccc1.[Cl-].[Cl-].[Ti+4].[c-]1ncc[nH]1. The van der Waals surface area contributed by atoms with Gasteiger partial charge < -0.3 is 34.8 Å². The zero-order chi connectivity index (χ0) is 10.4. The van der Waals surface area contributed by atoms with Crippen molar-refractivity contribution in [1.82, 2.24) is 9.97 Å². The molecule has 0 aliphatic carbocycles. The van der Waals surface area contributed by atoms with Gasteiger partial charge in [0.2, 0.25) is 0 Å². The molecule has 0 radical (unpaired) electrons. The Morgan fingerprint density at radius 2 is 1.65 bits per heavy atom. The van der Waals surface area contributed by atoms with E-state index in [0.29, 0.717) is 5.41 Å². The summed E-state index contributed by atoms with van der Waals surface area (Å²) in [4.78, 5) is 6.17. The maximum absolute atomic E-state index is 3.54. The third-order valence-electron chi connectivity index (χ3n) is 1.89. The summed E-state index contributed by atoms with van der Waals surface area (Å²) in [6, 6.07) is 8.50. The molecule has 0 bridgehead atoms. The van der Waals surface area contributed by atoms with Crippen LogP contribution in [0, 0.1) is 6.33 Å². The van der Waals surface area contributed by atoms with E-state index in [1.807, 2.05) is 0 Å². The average molecular weight is 307 g/mol. The molecule has 0 spiro atoms. The fourth-order valence-corrected chi connectivity index (χ4v) is 1.06. The van der Waals surface area contributed by atoms with E-state index >= 15 is 0 Å². The van der Waals surface area contributed by atoms with Gasteiger partial charge in [-0.25, -0.2) is 12.1 Å². The molecule has 0 amide bonds. The molecule has 1 N–H and O–H groups in total. The molecule has 0 saturated heterocycles. The smallest absolute Gasteiger partial charge is 1.00 e. The standard InChI is InChI=1S/C9H13.C3H3N2.2ClH.Ti/c1-9(2,3)8-6-4-5-7-8;1-2-5-3-4-1;;;/h4-7H,1-3H3;1-2H,(H,4,5);2*1H;/q2*-1;;;+4/p-2. The average Bonchev–Trinajstić information content (AvgIpc) is 2.80. The van der Waals surface area contributed by atoms with E-state index in [2.05, 4.69) is 61.3 Å². The van der Waals surface area contributed by atoms with Gasteiger partial charge in [-0.05, 0) is 6.33 Å². The first kappa shape index (κ1) is 22.1. The minimum Gasteiger partial charge on any atom is -1.00 e. The van der Waals surface area contributed by atoms with Crippen molar-refractivity contribution in [3.63, 3.8) is 0 Å². The van der Waals surface area contributed by atoms with Gasteiger partial charge in [-0.1, -0.05) is 26.2 Å². The van der Waals surface area contributed by atoms with E-state index in [9.17, 15) is 0 Å². The molecule has 0 fully saturated rings. The number of nitrogens with zero attached hydrogens (tertiary/aromatic N) is 1. The molecule has 0 atom stereocenters. The van der Waals surface area contributed by atoms with Crippen LogP contribution in [0.25, 0.3) is 0 Å². The number of hydrogen-bond donors (Lipinski definition) is 1. The van der Waals surface area contributed by atoms with Crippen molar-refractivity contribution in [2.45, 2.75) is 26.2 Å². The van der Waals surface area contributed by atoms with E-state index in [4.69, 9.17) is 0 Å². The van der Waals surface area contributed by atoms with E-state index < -0.39 is 0 Å². The van der Waals surface area contributed by atoms with Crippen molar-refractivity contribution in [2.75, 3.05) is 0 Å². The number of hydrogen-bond acceptors (Lipinski definition) is 1. The van der Waals surface area contributed by atoms with Gasteiger partial charge in [-0.3, -0.25) is 0 Å². The molecule has 1 heterocycles. The van der Waals surface area contributed by atoms with Gasteiger partial charge in [-0.2, -0.15) is 17.7 Å². The minimum absolute atomic E-state index is 0. The van der Waals surface area contributed by atoms with Crippen LogP contribution in [0.3, 0.4) is 0 Å². The normalized spacial score (nSPS) is 8.65. The molecule has 5 heteroatoms. The van der Waals surface area contributed by atoms with Gasteiger partial charge in [0.1, 0.15) is 0 Å². The first-order valence-corrected chi connectivity index (χ1v) is 4.68. The van der Waals surface area contributed by atoms with Crippen molar-refractivity contribution in [3.8, 4) is 0 Å². The number of H-pyrrole nitrogens is 1. The summed E-state index contributed by atoms with van der Waals surface area (Å²) < 4.78 is 0. The van der Waals surface area contributed by atoms with E-state index in [0.717, 1.165) is 0 Å². The largest absolute Gasteiger partial charge is 4.00 e. The predicted octanol–water partition coefficient (Wildman–Crippen LogP) is -3.08. The second kappa shape index (κ2) is 11.0. The summed E-state index contributed by atoms with van der Waals surface area (Å²) in [7, 11) is 0. The number of aromatic amines is 1. The van der Waals surface area contributed by atoms with Gasteiger partial charge in [0.15, 0.2) is 0 Å². The summed E-state index contributed by atoms with van der Waals surface area (Å²) in [5.74, 6) is 0. The summed E-state index contributed by atoms with van der Waals surface area (Å²) in [5.41, 5.74) is 1.74. The third kappa shape index (κ3) is 9.55. The maximum Gasteiger partial charge on any atom is 4.00 e. The number of nitrogens with one attached hydrogen (secondary N) is 1. The molecule has 1 aromatic heterocycles. The Kier molecular flexibility index (Phi) is 14.2. The van der Waals surface area contributed by atoms with Crippen molar-refractivity contribution in [3.05, 3.63) is 48.5 Å². The zero-order valence-corrected chi connectivity index (χ0v) is 13.2. The number of halogens is 2. The summed E-state index contributed by atoms with van der Waals surface area (Å²) >= 11 is 0. The number of aromatic nitrogens is 2. The Morgan fingerprint density at radius 3 is 1.82 bits per heavy atom. The zero-order valence-electron chi connectivity index (χ0n) is 10.2. The van der Waals surface area contributed by atoms with E-state index in [-0.39, 0.29) is 46.5 Å². The van der Waals surface area contributed by atoms with Crippen LogP contribution in [0.1, 0.15) is 26.3 Å². The van der Waals surface area contributed by atoms with Gasteiger partial charge in [0.05, 0.1) is 0 Å². The minimum atomic E-state index is 0. The Bertz CT molecular complexity index is 309. The maximum atomic E-state index is 3.54. The Balaban J connectivity index is -0.000000216. The van der Waals surface area contributed by atoms with Crippen LogP contribution in [0.2, 0.25) is 0 Å². The second-order valence-electron chi connectivity index (χ2n) is 4.12. The second-order valence-corrected chi connectivity index (χ2v) is 4.12. The quantitative estimate of drug-likeness (QED) is 0.406. The molecular formula is C12H16Cl2N2Ti. The van der Waals surface area contributed by atoms with Crippen LogP contribution in [0.4, 0.5) is 0 Å². The molecule has 0 aliphatic rings. The monoisotopic (exact) mass is 306 g/mol. The van der Waals surface area contributed by atoms with E-state index in [1.54, 1.807) is 12.4 Å². The van der Waals surface area contributed by atoms with Crippen LogP contribution in [0.15, 0.2) is 36.7 Å². The molecule has 92 valence electrons. The molecule has 1 aromatic carbocycles. The van der Waals surface area contributed by atoms with Gasteiger partial charge >= 0.3 is 21.7 Å². The Morgan fingerprint density at radius 1 is 1.12 bits per heavy atom.